The molecule has 2 heterocycles. The Bertz CT molecular complexity index is 1290. The zero-order chi connectivity index (χ0) is 23.4. The van der Waals surface area contributed by atoms with Gasteiger partial charge < -0.3 is 24.7 Å². The number of nitrogens with zero attached hydrogens (tertiary/aromatic N) is 3. The SMILES string of the molecule is CCCNC(=O)c1cc(Oc2cc3nc(Nc4ccc(Cl)cc4)n(C)c3cc2OC)ccn1. The highest BCUT2D eigenvalue weighted by molar-refractivity contribution is 6.30. The van der Waals surface area contributed by atoms with Gasteiger partial charge in [-0.3, -0.25) is 9.78 Å². The molecule has 4 aromatic rings. The molecule has 2 aromatic carbocycles. The smallest absolute Gasteiger partial charge is 0.270 e. The van der Waals surface area contributed by atoms with Crippen molar-refractivity contribution in [3.63, 3.8) is 0 Å². The van der Waals surface area contributed by atoms with Crippen LogP contribution in [0.25, 0.3) is 11.0 Å². The van der Waals surface area contributed by atoms with E-state index in [9.17, 15) is 4.79 Å². The molecule has 2 N–H and O–H groups in total. The molecule has 8 nitrogen and oxygen atoms in total. The number of methoxy groups -OCH3 is 1. The molecule has 0 bridgehead atoms. The lowest BCUT2D eigenvalue weighted by Gasteiger charge is -2.11. The van der Waals surface area contributed by atoms with Crippen LogP contribution in [0.3, 0.4) is 0 Å². The van der Waals surface area contributed by atoms with Crippen molar-refractivity contribution in [2.45, 2.75) is 13.3 Å². The molecule has 2 aromatic heterocycles. The van der Waals surface area contributed by atoms with E-state index < -0.39 is 0 Å². The minimum Gasteiger partial charge on any atom is -0.493 e. The Balaban J connectivity index is 1.63. The van der Waals surface area contributed by atoms with Crippen molar-refractivity contribution in [1.29, 1.82) is 0 Å². The Labute approximate surface area is 196 Å². The highest BCUT2D eigenvalue weighted by Crippen LogP contribution is 2.36. The number of carbonyl (C=O) groups excluding carboxylic acids is 1. The van der Waals surface area contributed by atoms with E-state index in [0.717, 1.165) is 23.1 Å². The van der Waals surface area contributed by atoms with Crippen LogP contribution < -0.4 is 20.1 Å². The maximum absolute atomic E-state index is 12.2. The van der Waals surface area contributed by atoms with Crippen molar-refractivity contribution in [3.05, 3.63) is 65.4 Å². The zero-order valence-electron chi connectivity index (χ0n) is 18.6. The maximum atomic E-state index is 12.2. The summed E-state index contributed by atoms with van der Waals surface area (Å²) in [5.41, 5.74) is 2.74. The molecule has 0 radical (unpaired) electrons. The van der Waals surface area contributed by atoms with Gasteiger partial charge in [-0.25, -0.2) is 4.98 Å². The summed E-state index contributed by atoms with van der Waals surface area (Å²) in [7, 11) is 3.49. The van der Waals surface area contributed by atoms with Gasteiger partial charge in [-0.1, -0.05) is 18.5 Å². The Morgan fingerprint density at radius 2 is 1.91 bits per heavy atom. The second kappa shape index (κ2) is 9.79. The van der Waals surface area contributed by atoms with Gasteiger partial charge in [-0.15, -0.1) is 0 Å². The summed E-state index contributed by atoms with van der Waals surface area (Å²) < 4.78 is 13.5. The highest BCUT2D eigenvalue weighted by atomic mass is 35.5. The van der Waals surface area contributed by atoms with E-state index in [1.54, 1.807) is 25.3 Å². The fraction of sp³-hybridized carbons (Fsp3) is 0.208. The molecule has 0 atom stereocenters. The Morgan fingerprint density at radius 1 is 1.12 bits per heavy atom. The lowest BCUT2D eigenvalue weighted by molar-refractivity contribution is 0.0948. The molecule has 0 saturated carbocycles. The predicted molar refractivity (Wildman–Crippen MR) is 129 cm³/mol. The van der Waals surface area contributed by atoms with Gasteiger partial charge >= 0.3 is 0 Å². The molecule has 1 amide bonds. The fourth-order valence-electron chi connectivity index (χ4n) is 3.27. The van der Waals surface area contributed by atoms with Crippen molar-refractivity contribution < 1.29 is 14.3 Å². The number of benzene rings is 2. The third-order valence-corrected chi connectivity index (χ3v) is 5.25. The van der Waals surface area contributed by atoms with E-state index in [-0.39, 0.29) is 11.6 Å². The van der Waals surface area contributed by atoms with Crippen LogP contribution in [-0.4, -0.2) is 34.1 Å². The minimum atomic E-state index is -0.243. The first-order chi connectivity index (χ1) is 16.0. The molecule has 0 aliphatic heterocycles. The van der Waals surface area contributed by atoms with Crippen molar-refractivity contribution >= 4 is 40.2 Å². The van der Waals surface area contributed by atoms with E-state index >= 15 is 0 Å². The number of hydrogen-bond donors (Lipinski definition) is 2. The topological polar surface area (TPSA) is 90.3 Å². The summed E-state index contributed by atoms with van der Waals surface area (Å²) >= 11 is 5.97. The quantitative estimate of drug-likeness (QED) is 0.366. The Morgan fingerprint density at radius 3 is 2.64 bits per heavy atom. The van der Waals surface area contributed by atoms with Crippen LogP contribution in [0.4, 0.5) is 11.6 Å². The van der Waals surface area contributed by atoms with Crippen LogP contribution in [0.2, 0.25) is 5.02 Å². The third-order valence-electron chi connectivity index (χ3n) is 4.99. The van der Waals surface area contributed by atoms with Gasteiger partial charge in [0.05, 0.1) is 18.1 Å². The maximum Gasteiger partial charge on any atom is 0.270 e. The molecule has 9 heteroatoms. The van der Waals surface area contributed by atoms with Gasteiger partial charge in [-0.2, -0.15) is 0 Å². The number of anilines is 2. The fourth-order valence-corrected chi connectivity index (χ4v) is 3.39. The number of imidazole rings is 1. The number of ether oxygens (including phenoxy) is 2. The molecular weight excluding hydrogens is 442 g/mol. The Hall–Kier alpha value is -3.78. The molecule has 0 spiro atoms. The van der Waals surface area contributed by atoms with Gasteiger partial charge in [-0.05, 0) is 36.8 Å². The number of nitrogens with one attached hydrogen (secondary N) is 2. The molecule has 0 aliphatic carbocycles. The van der Waals surface area contributed by atoms with Gasteiger partial charge in [0, 0.05) is 48.7 Å². The summed E-state index contributed by atoms with van der Waals surface area (Å²) in [6.07, 6.45) is 2.38. The van der Waals surface area contributed by atoms with Crippen molar-refractivity contribution in [3.8, 4) is 17.2 Å². The number of aromatic nitrogens is 3. The van der Waals surface area contributed by atoms with Gasteiger partial charge in [0.15, 0.2) is 11.5 Å². The first-order valence-corrected chi connectivity index (χ1v) is 10.9. The van der Waals surface area contributed by atoms with E-state index in [2.05, 4.69) is 15.6 Å². The summed E-state index contributed by atoms with van der Waals surface area (Å²) in [5, 5.41) is 6.77. The van der Waals surface area contributed by atoms with Crippen molar-refractivity contribution in [2.24, 2.45) is 7.05 Å². The van der Waals surface area contributed by atoms with Gasteiger partial charge in [0.1, 0.15) is 11.4 Å². The van der Waals surface area contributed by atoms with Crippen LogP contribution >= 0.6 is 11.6 Å². The summed E-state index contributed by atoms with van der Waals surface area (Å²) in [5.74, 6) is 1.90. The molecule has 170 valence electrons. The lowest BCUT2D eigenvalue weighted by Crippen LogP contribution is -2.24. The number of rotatable bonds is 8. The predicted octanol–water partition coefficient (Wildman–Crippen LogP) is 5.31. The molecule has 4 rings (SSSR count). The van der Waals surface area contributed by atoms with Gasteiger partial charge in [0.25, 0.3) is 5.91 Å². The van der Waals surface area contributed by atoms with Crippen molar-refractivity contribution in [1.82, 2.24) is 19.9 Å². The normalized spacial score (nSPS) is 10.8. The third kappa shape index (κ3) is 5.01. The molecule has 0 unspecified atom stereocenters. The van der Waals surface area contributed by atoms with E-state index in [0.29, 0.717) is 34.8 Å². The van der Waals surface area contributed by atoms with E-state index in [4.69, 9.17) is 26.1 Å². The monoisotopic (exact) mass is 465 g/mol. The van der Waals surface area contributed by atoms with E-state index in [1.807, 2.05) is 48.9 Å². The van der Waals surface area contributed by atoms with Crippen molar-refractivity contribution in [2.75, 3.05) is 19.0 Å². The second-order valence-electron chi connectivity index (χ2n) is 7.35. The second-order valence-corrected chi connectivity index (χ2v) is 7.79. The average Bonchev–Trinajstić information content (AvgIpc) is 3.12. The van der Waals surface area contributed by atoms with Gasteiger partial charge in [0.2, 0.25) is 5.95 Å². The number of fused-ring (bicyclic) bond motifs is 1. The zero-order valence-corrected chi connectivity index (χ0v) is 19.3. The van der Waals surface area contributed by atoms with Crippen LogP contribution in [0, 0.1) is 0 Å². The van der Waals surface area contributed by atoms with Crippen LogP contribution in [0.5, 0.6) is 17.2 Å². The number of hydrogen-bond acceptors (Lipinski definition) is 6. The summed E-state index contributed by atoms with van der Waals surface area (Å²) in [4.78, 5) is 21.1. The number of carbonyl (C=O) groups is 1. The number of amides is 1. The first kappa shape index (κ1) is 22.4. The van der Waals surface area contributed by atoms with Crippen LogP contribution in [0.1, 0.15) is 23.8 Å². The number of pyridine rings is 1. The molecule has 0 aliphatic rings. The summed E-state index contributed by atoms with van der Waals surface area (Å²) in [6, 6.07) is 14.3. The van der Waals surface area contributed by atoms with E-state index in [1.165, 1.54) is 6.20 Å². The molecule has 0 fully saturated rings. The average molecular weight is 466 g/mol. The molecular formula is C24H24ClN5O3. The molecule has 0 saturated heterocycles. The largest absolute Gasteiger partial charge is 0.493 e. The standard InChI is InChI=1S/C24H24ClN5O3/c1-4-10-27-23(31)19-12-17(9-11-26-19)33-22-13-18-20(14-21(22)32-3)30(2)24(29-18)28-16-7-5-15(25)6-8-16/h5-9,11-14H,4,10H2,1-3H3,(H,27,31)(H,28,29). The number of halogens is 1. The minimum absolute atomic E-state index is 0.243. The molecule has 33 heavy (non-hydrogen) atoms. The number of aryl methyl sites for hydroxylation is 1. The lowest BCUT2D eigenvalue weighted by atomic mass is 10.2. The van der Waals surface area contributed by atoms with Crippen LogP contribution in [0.15, 0.2) is 54.7 Å². The Kier molecular flexibility index (Phi) is 6.65. The first-order valence-electron chi connectivity index (χ1n) is 10.5. The summed E-state index contributed by atoms with van der Waals surface area (Å²) in [6.45, 7) is 2.58. The highest BCUT2D eigenvalue weighted by Gasteiger charge is 2.16. The van der Waals surface area contributed by atoms with Crippen LogP contribution in [-0.2, 0) is 7.05 Å².